The van der Waals surface area contributed by atoms with Crippen LogP contribution in [0.3, 0.4) is 0 Å². The largest absolute Gasteiger partial charge is 0.381 e. The Balaban J connectivity index is 2.65. The van der Waals surface area contributed by atoms with Gasteiger partial charge in [0.05, 0.1) is 11.9 Å². The van der Waals surface area contributed by atoms with Gasteiger partial charge in [0.25, 0.3) is 5.56 Å². The second-order valence-corrected chi connectivity index (χ2v) is 4.95. The van der Waals surface area contributed by atoms with E-state index in [0.717, 1.165) is 32.5 Å². The molecule has 0 aliphatic heterocycles. The summed E-state index contributed by atoms with van der Waals surface area (Å²) < 4.78 is 1.43. The van der Waals surface area contributed by atoms with Crippen LogP contribution in [0.4, 0.5) is 5.69 Å². The van der Waals surface area contributed by atoms with E-state index in [1.807, 2.05) is 7.05 Å². The number of aromatic nitrogens is 2. The third kappa shape index (κ3) is 4.84. The van der Waals surface area contributed by atoms with Gasteiger partial charge in [0.2, 0.25) is 0 Å². The van der Waals surface area contributed by atoms with Crippen molar-refractivity contribution in [2.24, 2.45) is 0 Å². The number of nitrogens with zero attached hydrogens (tertiary/aromatic N) is 3. The molecule has 0 spiro atoms. The topological polar surface area (TPSA) is 50.2 Å². The summed E-state index contributed by atoms with van der Waals surface area (Å²) in [7, 11) is 2.05. The number of unbranched alkanes of at least 4 members (excludes halogenated alkanes) is 1. The Bertz CT molecular complexity index is 447. The van der Waals surface area contributed by atoms with Gasteiger partial charge >= 0.3 is 0 Å². The van der Waals surface area contributed by atoms with Gasteiger partial charge < -0.3 is 10.2 Å². The minimum absolute atomic E-state index is 0.219. The lowest BCUT2D eigenvalue weighted by atomic mass is 10.3. The minimum Gasteiger partial charge on any atom is -0.381 e. The van der Waals surface area contributed by atoms with Crippen molar-refractivity contribution in [2.75, 3.05) is 32.0 Å². The number of nitrogens with one attached hydrogen (secondary N) is 1. The number of likely N-dealkylation sites (N-methyl/N-ethyl adjacent to an activating group) is 1. The zero-order valence-electron chi connectivity index (χ0n) is 11.9. The Morgan fingerprint density at radius 2 is 2.21 bits per heavy atom. The molecule has 0 bridgehead atoms. The lowest BCUT2D eigenvalue weighted by Crippen LogP contribution is -2.27. The van der Waals surface area contributed by atoms with Gasteiger partial charge in [0.15, 0.2) is 0 Å². The molecule has 0 amide bonds. The van der Waals surface area contributed by atoms with Crippen LogP contribution in [0.25, 0.3) is 0 Å². The van der Waals surface area contributed by atoms with E-state index in [2.05, 4.69) is 29.2 Å². The Morgan fingerprint density at radius 3 is 2.84 bits per heavy atom. The van der Waals surface area contributed by atoms with Gasteiger partial charge in [0, 0.05) is 19.6 Å². The molecule has 6 heteroatoms. The molecule has 5 nitrogen and oxygen atoms in total. The molecule has 19 heavy (non-hydrogen) atoms. The molecule has 0 aromatic carbocycles. The lowest BCUT2D eigenvalue weighted by Gasteiger charge is -2.15. The van der Waals surface area contributed by atoms with Gasteiger partial charge in [-0.1, -0.05) is 31.9 Å². The van der Waals surface area contributed by atoms with Crippen LogP contribution in [0.2, 0.25) is 5.02 Å². The third-order valence-electron chi connectivity index (χ3n) is 3.06. The Hall–Kier alpha value is -1.07. The Labute approximate surface area is 119 Å². The normalized spacial score (nSPS) is 11.0. The summed E-state index contributed by atoms with van der Waals surface area (Å²) in [5, 5.41) is 7.52. The van der Waals surface area contributed by atoms with Gasteiger partial charge in [-0.15, -0.1) is 0 Å². The maximum Gasteiger partial charge on any atom is 0.287 e. The van der Waals surface area contributed by atoms with Gasteiger partial charge in [-0.2, -0.15) is 5.10 Å². The highest BCUT2D eigenvalue weighted by atomic mass is 35.5. The van der Waals surface area contributed by atoms with Crippen LogP contribution in [0.15, 0.2) is 11.0 Å². The average molecular weight is 287 g/mol. The first-order chi connectivity index (χ1) is 9.10. The molecular weight excluding hydrogens is 264 g/mol. The quantitative estimate of drug-likeness (QED) is 0.795. The molecule has 1 N–H and O–H groups in total. The van der Waals surface area contributed by atoms with Crippen molar-refractivity contribution in [3.63, 3.8) is 0 Å². The average Bonchev–Trinajstić information content (AvgIpc) is 2.42. The fraction of sp³-hybridized carbons (Fsp3) is 0.692. The Kier molecular flexibility index (Phi) is 6.87. The van der Waals surface area contributed by atoms with Crippen LogP contribution in [-0.2, 0) is 6.54 Å². The van der Waals surface area contributed by atoms with Crippen LogP contribution in [0, 0.1) is 0 Å². The predicted molar refractivity (Wildman–Crippen MR) is 80.1 cm³/mol. The summed E-state index contributed by atoms with van der Waals surface area (Å²) in [6.07, 6.45) is 3.58. The number of rotatable bonds is 8. The number of aryl methyl sites for hydroxylation is 1. The van der Waals surface area contributed by atoms with E-state index in [9.17, 15) is 4.79 Å². The van der Waals surface area contributed by atoms with Crippen molar-refractivity contribution in [1.29, 1.82) is 0 Å². The zero-order chi connectivity index (χ0) is 14.3. The molecule has 1 rings (SSSR count). The van der Waals surface area contributed by atoms with Gasteiger partial charge in [-0.25, -0.2) is 4.68 Å². The summed E-state index contributed by atoms with van der Waals surface area (Å²) in [5.41, 5.74) is 0.396. The molecule has 0 fully saturated rings. The minimum atomic E-state index is -0.219. The molecule has 0 unspecified atom stereocenters. The summed E-state index contributed by atoms with van der Waals surface area (Å²) in [5.74, 6) is 0. The van der Waals surface area contributed by atoms with Crippen molar-refractivity contribution in [2.45, 2.75) is 33.2 Å². The molecule has 0 aliphatic rings. The number of hydrogen-bond donors (Lipinski definition) is 1. The third-order valence-corrected chi connectivity index (χ3v) is 3.42. The monoisotopic (exact) mass is 286 g/mol. The zero-order valence-corrected chi connectivity index (χ0v) is 12.7. The van der Waals surface area contributed by atoms with Crippen LogP contribution in [-0.4, -0.2) is 41.4 Å². The molecule has 1 aromatic rings. The Morgan fingerprint density at radius 1 is 1.47 bits per heavy atom. The van der Waals surface area contributed by atoms with E-state index in [1.165, 1.54) is 4.68 Å². The molecule has 108 valence electrons. The van der Waals surface area contributed by atoms with E-state index in [4.69, 9.17) is 11.6 Å². The van der Waals surface area contributed by atoms with Crippen LogP contribution in [0.5, 0.6) is 0 Å². The standard InChI is InChI=1S/C13H23ClN4O/c1-4-6-8-18-13(19)12(14)11(10-16-18)15-7-9-17(3)5-2/h10,15H,4-9H2,1-3H3. The fourth-order valence-electron chi connectivity index (χ4n) is 1.60. The maximum atomic E-state index is 12.0. The summed E-state index contributed by atoms with van der Waals surface area (Å²) in [6.45, 7) is 7.42. The summed E-state index contributed by atoms with van der Waals surface area (Å²) >= 11 is 6.08. The summed E-state index contributed by atoms with van der Waals surface area (Å²) in [6, 6.07) is 0. The fourth-order valence-corrected chi connectivity index (χ4v) is 1.81. The van der Waals surface area contributed by atoms with Crippen LogP contribution < -0.4 is 10.9 Å². The molecule has 0 saturated heterocycles. The second-order valence-electron chi connectivity index (χ2n) is 4.58. The molecule has 0 radical (unpaired) electrons. The molecular formula is C13H23ClN4O. The first-order valence-corrected chi connectivity index (χ1v) is 7.16. The predicted octanol–water partition coefficient (Wildman–Crippen LogP) is 2.06. The van der Waals surface area contributed by atoms with Crippen molar-refractivity contribution in [3.8, 4) is 0 Å². The van der Waals surface area contributed by atoms with Gasteiger partial charge in [-0.3, -0.25) is 4.79 Å². The molecule has 0 aliphatic carbocycles. The van der Waals surface area contributed by atoms with Crippen molar-refractivity contribution < 1.29 is 0 Å². The number of hydrogen-bond acceptors (Lipinski definition) is 4. The van der Waals surface area contributed by atoms with Crippen LogP contribution in [0.1, 0.15) is 26.7 Å². The van der Waals surface area contributed by atoms with Crippen molar-refractivity contribution in [1.82, 2.24) is 14.7 Å². The highest BCUT2D eigenvalue weighted by Crippen LogP contribution is 2.14. The van der Waals surface area contributed by atoms with Gasteiger partial charge in [-0.05, 0) is 20.0 Å². The summed E-state index contributed by atoms with van der Waals surface area (Å²) in [4.78, 5) is 14.1. The lowest BCUT2D eigenvalue weighted by molar-refractivity contribution is 0.367. The van der Waals surface area contributed by atoms with Crippen LogP contribution >= 0.6 is 11.6 Å². The number of anilines is 1. The molecule has 1 heterocycles. The van der Waals surface area contributed by atoms with E-state index < -0.39 is 0 Å². The van der Waals surface area contributed by atoms with Gasteiger partial charge in [0.1, 0.15) is 5.02 Å². The SMILES string of the molecule is CCCCn1ncc(NCCN(C)CC)c(Cl)c1=O. The highest BCUT2D eigenvalue weighted by Gasteiger charge is 2.08. The second kappa shape index (κ2) is 8.17. The van der Waals surface area contributed by atoms with E-state index in [1.54, 1.807) is 6.20 Å². The molecule has 0 atom stereocenters. The smallest absolute Gasteiger partial charge is 0.287 e. The van der Waals surface area contributed by atoms with E-state index in [0.29, 0.717) is 12.2 Å². The van der Waals surface area contributed by atoms with E-state index in [-0.39, 0.29) is 10.6 Å². The first-order valence-electron chi connectivity index (χ1n) is 6.78. The molecule has 0 saturated carbocycles. The van der Waals surface area contributed by atoms with E-state index >= 15 is 0 Å². The van der Waals surface area contributed by atoms with Crippen molar-refractivity contribution in [3.05, 3.63) is 21.6 Å². The molecule has 1 aromatic heterocycles. The maximum absolute atomic E-state index is 12.0. The first kappa shape index (κ1) is 16.0. The number of halogens is 1. The van der Waals surface area contributed by atoms with Crippen molar-refractivity contribution >= 4 is 17.3 Å². The highest BCUT2D eigenvalue weighted by molar-refractivity contribution is 6.32.